The number of nitrogens with zero attached hydrogens (tertiary/aromatic N) is 1. The summed E-state index contributed by atoms with van der Waals surface area (Å²) >= 11 is 0. The topological polar surface area (TPSA) is 128 Å². The van der Waals surface area contributed by atoms with Crippen LogP contribution >= 0.6 is 0 Å². The first kappa shape index (κ1) is 13.6. The van der Waals surface area contributed by atoms with Gasteiger partial charge in [-0.1, -0.05) is 12.1 Å². The van der Waals surface area contributed by atoms with Gasteiger partial charge in [-0.05, 0) is 12.1 Å². The van der Waals surface area contributed by atoms with Crippen molar-refractivity contribution < 1.29 is 14.7 Å². The smallest absolute Gasteiger partial charge is 0.267 e. The molecule has 5 N–H and O–H groups in total. The Labute approximate surface area is 113 Å². The van der Waals surface area contributed by atoms with E-state index in [4.69, 9.17) is 11.5 Å². The van der Waals surface area contributed by atoms with E-state index in [1.165, 1.54) is 4.57 Å². The van der Waals surface area contributed by atoms with Crippen LogP contribution in [0.4, 0.5) is 0 Å². The van der Waals surface area contributed by atoms with Crippen LogP contribution in [0.15, 0.2) is 29.1 Å². The fraction of sp³-hybridized carbons (Fsp3) is 0.154. The summed E-state index contributed by atoms with van der Waals surface area (Å²) < 4.78 is 1.21. The van der Waals surface area contributed by atoms with Gasteiger partial charge < -0.3 is 21.1 Å². The second-order valence-electron chi connectivity index (χ2n) is 4.28. The van der Waals surface area contributed by atoms with E-state index in [0.717, 1.165) is 0 Å². The SMILES string of the molecule is NC(=O)CCn1c(=O)c(C(N)=O)c(O)c2ccccc21. The van der Waals surface area contributed by atoms with Crippen LogP contribution in [-0.2, 0) is 11.3 Å². The summed E-state index contributed by atoms with van der Waals surface area (Å²) in [6.07, 6.45) is -0.0626. The number of fused-ring (bicyclic) bond motifs is 1. The fourth-order valence-electron chi connectivity index (χ4n) is 2.06. The van der Waals surface area contributed by atoms with E-state index in [1.54, 1.807) is 24.3 Å². The lowest BCUT2D eigenvalue weighted by Gasteiger charge is -2.12. The Morgan fingerprint density at radius 1 is 1.20 bits per heavy atom. The Morgan fingerprint density at radius 3 is 2.45 bits per heavy atom. The molecule has 0 saturated heterocycles. The molecule has 1 aromatic carbocycles. The molecule has 7 heteroatoms. The third kappa shape index (κ3) is 2.20. The summed E-state index contributed by atoms with van der Waals surface area (Å²) in [5.41, 5.74) is 9.36. The summed E-state index contributed by atoms with van der Waals surface area (Å²) in [6.45, 7) is 0.00917. The molecule has 2 rings (SSSR count). The number of amides is 2. The van der Waals surface area contributed by atoms with Crippen molar-refractivity contribution in [1.82, 2.24) is 4.57 Å². The minimum absolute atomic E-state index is 0.00917. The van der Waals surface area contributed by atoms with Crippen LogP contribution in [-0.4, -0.2) is 21.5 Å². The lowest BCUT2D eigenvalue weighted by Crippen LogP contribution is -2.31. The van der Waals surface area contributed by atoms with Crippen LogP contribution in [0.1, 0.15) is 16.8 Å². The zero-order valence-corrected chi connectivity index (χ0v) is 10.5. The Morgan fingerprint density at radius 2 is 1.85 bits per heavy atom. The molecular formula is C13H13N3O4. The number of aromatic hydroxyl groups is 1. The average molecular weight is 275 g/mol. The van der Waals surface area contributed by atoms with Crippen molar-refractivity contribution in [2.75, 3.05) is 0 Å². The fourth-order valence-corrected chi connectivity index (χ4v) is 2.06. The number of aromatic nitrogens is 1. The molecule has 0 bridgehead atoms. The lowest BCUT2D eigenvalue weighted by atomic mass is 10.1. The van der Waals surface area contributed by atoms with Gasteiger partial charge in [-0.2, -0.15) is 0 Å². The number of para-hydroxylation sites is 1. The number of pyridine rings is 1. The van der Waals surface area contributed by atoms with E-state index in [-0.39, 0.29) is 13.0 Å². The van der Waals surface area contributed by atoms with Crippen molar-refractivity contribution in [1.29, 1.82) is 0 Å². The first-order valence-electron chi connectivity index (χ1n) is 5.86. The van der Waals surface area contributed by atoms with Crippen LogP contribution in [0.5, 0.6) is 5.75 Å². The summed E-state index contributed by atoms with van der Waals surface area (Å²) in [5, 5.41) is 10.3. The number of hydrogen-bond donors (Lipinski definition) is 3. The van der Waals surface area contributed by atoms with Crippen molar-refractivity contribution in [3.05, 3.63) is 40.2 Å². The largest absolute Gasteiger partial charge is 0.506 e. The van der Waals surface area contributed by atoms with E-state index in [0.29, 0.717) is 10.9 Å². The van der Waals surface area contributed by atoms with Crippen molar-refractivity contribution in [2.45, 2.75) is 13.0 Å². The minimum Gasteiger partial charge on any atom is -0.506 e. The van der Waals surface area contributed by atoms with Crippen LogP contribution in [0.3, 0.4) is 0 Å². The minimum atomic E-state index is -1.02. The van der Waals surface area contributed by atoms with E-state index in [2.05, 4.69) is 0 Å². The van der Waals surface area contributed by atoms with Gasteiger partial charge in [0.2, 0.25) is 5.91 Å². The Hall–Kier alpha value is -2.83. The van der Waals surface area contributed by atoms with Crippen LogP contribution in [0, 0.1) is 0 Å². The number of carbonyl (C=O) groups excluding carboxylic acids is 2. The number of hydrogen-bond acceptors (Lipinski definition) is 4. The zero-order chi connectivity index (χ0) is 14.9. The number of rotatable bonds is 4. The van der Waals surface area contributed by atoms with Crippen molar-refractivity contribution >= 4 is 22.7 Å². The summed E-state index contributed by atoms with van der Waals surface area (Å²) in [4.78, 5) is 34.4. The van der Waals surface area contributed by atoms with Gasteiger partial charge in [0, 0.05) is 18.4 Å². The molecule has 20 heavy (non-hydrogen) atoms. The molecular weight excluding hydrogens is 262 g/mol. The number of aryl methyl sites for hydroxylation is 1. The summed E-state index contributed by atoms with van der Waals surface area (Å²) in [6, 6.07) is 6.47. The van der Waals surface area contributed by atoms with E-state index in [1.807, 2.05) is 0 Å². The lowest BCUT2D eigenvalue weighted by molar-refractivity contribution is -0.118. The molecule has 0 unspecified atom stereocenters. The maximum Gasteiger partial charge on any atom is 0.267 e. The quantitative estimate of drug-likeness (QED) is 0.706. The normalized spacial score (nSPS) is 10.6. The standard InChI is InChI=1S/C13H13N3O4/c14-9(17)5-6-16-8-4-2-1-3-7(8)11(18)10(12(15)19)13(16)20/h1-4,18H,5-6H2,(H2,14,17)(H2,15,19). The molecule has 0 atom stereocenters. The van der Waals surface area contributed by atoms with Crippen molar-refractivity contribution in [2.24, 2.45) is 11.5 Å². The molecule has 2 aromatic rings. The van der Waals surface area contributed by atoms with Crippen LogP contribution < -0.4 is 17.0 Å². The van der Waals surface area contributed by atoms with Gasteiger partial charge >= 0.3 is 0 Å². The highest BCUT2D eigenvalue weighted by atomic mass is 16.3. The molecule has 0 spiro atoms. The second-order valence-corrected chi connectivity index (χ2v) is 4.28. The van der Waals surface area contributed by atoms with Gasteiger partial charge in [0.25, 0.3) is 11.5 Å². The molecule has 0 aliphatic carbocycles. The van der Waals surface area contributed by atoms with Gasteiger partial charge in [-0.15, -0.1) is 0 Å². The molecule has 0 radical (unpaired) electrons. The highest BCUT2D eigenvalue weighted by Gasteiger charge is 2.20. The van der Waals surface area contributed by atoms with Gasteiger partial charge in [-0.3, -0.25) is 14.4 Å². The summed E-state index contributed by atoms with van der Waals surface area (Å²) in [7, 11) is 0. The molecule has 0 aliphatic rings. The number of primary amides is 2. The highest BCUT2D eigenvalue weighted by Crippen LogP contribution is 2.25. The predicted molar refractivity (Wildman–Crippen MR) is 72.2 cm³/mol. The molecule has 2 amide bonds. The third-order valence-electron chi connectivity index (χ3n) is 2.97. The van der Waals surface area contributed by atoms with Gasteiger partial charge in [-0.25, -0.2) is 0 Å². The molecule has 0 aliphatic heterocycles. The summed E-state index contributed by atoms with van der Waals surface area (Å²) in [5.74, 6) is -2.05. The van der Waals surface area contributed by atoms with E-state index in [9.17, 15) is 19.5 Å². The highest BCUT2D eigenvalue weighted by molar-refractivity contribution is 6.01. The maximum atomic E-state index is 12.2. The van der Waals surface area contributed by atoms with Crippen LogP contribution in [0.25, 0.3) is 10.9 Å². The van der Waals surface area contributed by atoms with E-state index < -0.39 is 28.7 Å². The second kappa shape index (κ2) is 5.04. The molecule has 104 valence electrons. The Kier molecular flexibility index (Phi) is 3.43. The average Bonchev–Trinajstić information content (AvgIpc) is 2.38. The monoisotopic (exact) mass is 275 g/mol. The zero-order valence-electron chi connectivity index (χ0n) is 10.5. The first-order valence-corrected chi connectivity index (χ1v) is 5.86. The maximum absolute atomic E-state index is 12.2. The van der Waals surface area contributed by atoms with Gasteiger partial charge in [0.15, 0.2) is 0 Å². The van der Waals surface area contributed by atoms with E-state index >= 15 is 0 Å². The first-order chi connectivity index (χ1) is 9.43. The Bertz CT molecular complexity index is 764. The Balaban J connectivity index is 2.80. The predicted octanol–water partition coefficient (Wildman–Crippen LogP) is -0.319. The molecule has 0 fully saturated rings. The number of nitrogens with two attached hydrogens (primary N) is 2. The van der Waals surface area contributed by atoms with Gasteiger partial charge in [0.05, 0.1) is 5.52 Å². The van der Waals surface area contributed by atoms with Crippen molar-refractivity contribution in [3.63, 3.8) is 0 Å². The number of carbonyl (C=O) groups is 2. The van der Waals surface area contributed by atoms with Crippen LogP contribution in [0.2, 0.25) is 0 Å². The molecule has 1 aromatic heterocycles. The van der Waals surface area contributed by atoms with Gasteiger partial charge in [0.1, 0.15) is 11.3 Å². The number of benzene rings is 1. The molecule has 1 heterocycles. The third-order valence-corrected chi connectivity index (χ3v) is 2.97. The molecule has 0 saturated carbocycles. The molecule has 7 nitrogen and oxygen atoms in total. The van der Waals surface area contributed by atoms with Crippen molar-refractivity contribution in [3.8, 4) is 5.75 Å².